The molecule has 0 aliphatic heterocycles. The molecular weight excluding hydrogens is 186 g/mol. The number of aliphatic hydroxyl groups excluding tert-OH is 1. The van der Waals surface area contributed by atoms with Gasteiger partial charge in [-0.25, -0.2) is 0 Å². The van der Waals surface area contributed by atoms with Crippen molar-refractivity contribution in [3.05, 3.63) is 35.4 Å². The Hall–Kier alpha value is -0.860. The molecule has 0 aliphatic carbocycles. The van der Waals surface area contributed by atoms with Crippen LogP contribution in [-0.4, -0.2) is 11.7 Å². The predicted molar refractivity (Wildman–Crippen MR) is 63.7 cm³/mol. The molecule has 0 heterocycles. The van der Waals surface area contributed by atoms with Gasteiger partial charge in [-0.15, -0.1) is 0 Å². The zero-order chi connectivity index (χ0) is 11.1. The lowest BCUT2D eigenvalue weighted by Gasteiger charge is -2.11. The van der Waals surface area contributed by atoms with Crippen LogP contribution in [0.25, 0.3) is 0 Å². The van der Waals surface area contributed by atoms with Gasteiger partial charge < -0.3 is 10.8 Å². The van der Waals surface area contributed by atoms with Gasteiger partial charge >= 0.3 is 0 Å². The maximum absolute atomic E-state index is 8.68. The Morgan fingerprint density at radius 2 is 1.87 bits per heavy atom. The van der Waals surface area contributed by atoms with Crippen molar-refractivity contribution in [2.24, 2.45) is 5.73 Å². The minimum Gasteiger partial charge on any atom is -0.396 e. The number of aliphatic hydroxyl groups is 1. The lowest BCUT2D eigenvalue weighted by Crippen LogP contribution is -2.10. The lowest BCUT2D eigenvalue weighted by molar-refractivity contribution is 0.281. The smallest absolute Gasteiger partial charge is 0.0431 e. The summed E-state index contributed by atoms with van der Waals surface area (Å²) in [4.78, 5) is 0. The highest BCUT2D eigenvalue weighted by atomic mass is 16.2. The van der Waals surface area contributed by atoms with Gasteiger partial charge in [0.25, 0.3) is 0 Å². The first kappa shape index (κ1) is 12.2. The third-order valence-electron chi connectivity index (χ3n) is 2.74. The summed E-state index contributed by atoms with van der Waals surface area (Å²) in [5, 5.41) is 8.68. The van der Waals surface area contributed by atoms with Crippen molar-refractivity contribution in [1.29, 1.82) is 0 Å². The molecule has 1 unspecified atom stereocenters. The van der Waals surface area contributed by atoms with E-state index < -0.39 is 0 Å². The van der Waals surface area contributed by atoms with E-state index in [0.717, 1.165) is 25.7 Å². The highest BCUT2D eigenvalue weighted by Gasteiger charge is 2.04. The first-order valence-corrected chi connectivity index (χ1v) is 5.73. The van der Waals surface area contributed by atoms with Crippen LogP contribution in [0.5, 0.6) is 0 Å². The standard InChI is InChI=1S/C13H21NO/c1-2-11-6-8-12(9-7-11)13(14)5-3-4-10-15/h6-9,13,15H,2-5,10,14H2,1H3. The molecular formula is C13H21NO. The minimum absolute atomic E-state index is 0.113. The van der Waals surface area contributed by atoms with E-state index in [4.69, 9.17) is 10.8 Å². The number of rotatable bonds is 6. The van der Waals surface area contributed by atoms with Crippen molar-refractivity contribution >= 4 is 0 Å². The number of unbranched alkanes of at least 4 members (excludes halogenated alkanes) is 1. The van der Waals surface area contributed by atoms with Crippen LogP contribution in [0.2, 0.25) is 0 Å². The van der Waals surface area contributed by atoms with Crippen molar-refractivity contribution in [3.63, 3.8) is 0 Å². The highest BCUT2D eigenvalue weighted by Crippen LogP contribution is 2.17. The Labute approximate surface area is 92.1 Å². The SMILES string of the molecule is CCc1ccc(C(N)CCCCO)cc1. The van der Waals surface area contributed by atoms with E-state index in [0.29, 0.717) is 0 Å². The zero-order valence-electron chi connectivity index (χ0n) is 9.45. The summed E-state index contributed by atoms with van der Waals surface area (Å²) in [6.45, 7) is 2.41. The minimum atomic E-state index is 0.113. The third-order valence-corrected chi connectivity index (χ3v) is 2.74. The van der Waals surface area contributed by atoms with Gasteiger partial charge in [0.05, 0.1) is 0 Å². The molecule has 0 spiro atoms. The topological polar surface area (TPSA) is 46.2 Å². The van der Waals surface area contributed by atoms with Gasteiger partial charge in [-0.05, 0) is 36.8 Å². The largest absolute Gasteiger partial charge is 0.396 e. The molecule has 0 amide bonds. The third kappa shape index (κ3) is 4.02. The molecule has 2 heteroatoms. The number of aryl methyl sites for hydroxylation is 1. The summed E-state index contributed by atoms with van der Waals surface area (Å²) >= 11 is 0. The van der Waals surface area contributed by atoms with Crippen LogP contribution >= 0.6 is 0 Å². The van der Waals surface area contributed by atoms with Crippen molar-refractivity contribution in [1.82, 2.24) is 0 Å². The fourth-order valence-electron chi connectivity index (χ4n) is 1.64. The second-order valence-corrected chi connectivity index (χ2v) is 3.92. The molecule has 1 atom stereocenters. The van der Waals surface area contributed by atoms with Crippen molar-refractivity contribution in [3.8, 4) is 0 Å². The molecule has 0 saturated heterocycles. The molecule has 0 aromatic heterocycles. The van der Waals surface area contributed by atoms with E-state index in [9.17, 15) is 0 Å². The van der Waals surface area contributed by atoms with Crippen molar-refractivity contribution in [2.75, 3.05) is 6.61 Å². The van der Waals surface area contributed by atoms with Gasteiger partial charge in [0, 0.05) is 12.6 Å². The Morgan fingerprint density at radius 1 is 1.20 bits per heavy atom. The molecule has 0 fully saturated rings. The number of nitrogens with two attached hydrogens (primary N) is 1. The number of benzene rings is 1. The van der Waals surface area contributed by atoms with Crippen LogP contribution < -0.4 is 5.73 Å². The Morgan fingerprint density at radius 3 is 2.40 bits per heavy atom. The second kappa shape index (κ2) is 6.59. The van der Waals surface area contributed by atoms with Gasteiger partial charge in [-0.3, -0.25) is 0 Å². The Balaban J connectivity index is 2.46. The Kier molecular flexibility index (Phi) is 5.37. The van der Waals surface area contributed by atoms with Crippen LogP contribution in [0.4, 0.5) is 0 Å². The lowest BCUT2D eigenvalue weighted by atomic mass is 10.0. The summed E-state index contributed by atoms with van der Waals surface area (Å²) in [5.41, 5.74) is 8.59. The first-order valence-electron chi connectivity index (χ1n) is 5.73. The second-order valence-electron chi connectivity index (χ2n) is 3.92. The van der Waals surface area contributed by atoms with E-state index in [1.54, 1.807) is 0 Å². The molecule has 0 saturated carbocycles. The maximum atomic E-state index is 8.68. The van der Waals surface area contributed by atoms with Crippen LogP contribution in [0.15, 0.2) is 24.3 Å². The average Bonchev–Trinajstić information content (AvgIpc) is 2.29. The monoisotopic (exact) mass is 207 g/mol. The van der Waals surface area contributed by atoms with E-state index in [-0.39, 0.29) is 12.6 Å². The summed E-state index contributed by atoms with van der Waals surface area (Å²) in [6, 6.07) is 8.62. The zero-order valence-corrected chi connectivity index (χ0v) is 9.45. The molecule has 84 valence electrons. The number of hydrogen-bond acceptors (Lipinski definition) is 2. The van der Waals surface area contributed by atoms with Gasteiger partial charge in [-0.2, -0.15) is 0 Å². The normalized spacial score (nSPS) is 12.7. The molecule has 1 rings (SSSR count). The summed E-state index contributed by atoms with van der Waals surface area (Å²) in [7, 11) is 0. The summed E-state index contributed by atoms with van der Waals surface area (Å²) in [5.74, 6) is 0. The first-order chi connectivity index (χ1) is 7.27. The summed E-state index contributed by atoms with van der Waals surface area (Å²) < 4.78 is 0. The van der Waals surface area contributed by atoms with Crippen LogP contribution in [0, 0.1) is 0 Å². The average molecular weight is 207 g/mol. The quantitative estimate of drug-likeness (QED) is 0.704. The van der Waals surface area contributed by atoms with E-state index in [1.807, 2.05) is 0 Å². The molecule has 0 aliphatic rings. The number of hydrogen-bond donors (Lipinski definition) is 2. The van der Waals surface area contributed by atoms with Crippen LogP contribution in [0.1, 0.15) is 43.4 Å². The molecule has 3 N–H and O–H groups in total. The van der Waals surface area contributed by atoms with E-state index in [2.05, 4.69) is 31.2 Å². The van der Waals surface area contributed by atoms with Crippen molar-refractivity contribution < 1.29 is 5.11 Å². The van der Waals surface area contributed by atoms with Gasteiger partial charge in [-0.1, -0.05) is 31.2 Å². The fraction of sp³-hybridized carbons (Fsp3) is 0.538. The molecule has 15 heavy (non-hydrogen) atoms. The predicted octanol–water partition coefficient (Wildman–Crippen LogP) is 2.41. The van der Waals surface area contributed by atoms with Crippen LogP contribution in [-0.2, 0) is 6.42 Å². The molecule has 1 aromatic carbocycles. The van der Waals surface area contributed by atoms with E-state index in [1.165, 1.54) is 11.1 Å². The summed E-state index contributed by atoms with van der Waals surface area (Å²) in [6.07, 6.45) is 3.86. The van der Waals surface area contributed by atoms with Gasteiger partial charge in [0.15, 0.2) is 0 Å². The molecule has 0 bridgehead atoms. The van der Waals surface area contributed by atoms with Gasteiger partial charge in [0.2, 0.25) is 0 Å². The van der Waals surface area contributed by atoms with E-state index >= 15 is 0 Å². The maximum Gasteiger partial charge on any atom is 0.0431 e. The fourth-order valence-corrected chi connectivity index (χ4v) is 1.64. The van der Waals surface area contributed by atoms with Crippen LogP contribution in [0.3, 0.4) is 0 Å². The molecule has 2 nitrogen and oxygen atoms in total. The van der Waals surface area contributed by atoms with Gasteiger partial charge in [0.1, 0.15) is 0 Å². The Bertz CT molecular complexity index is 268. The molecule has 1 aromatic rings. The highest BCUT2D eigenvalue weighted by molar-refractivity contribution is 5.24. The molecule has 0 radical (unpaired) electrons. The van der Waals surface area contributed by atoms with Crippen molar-refractivity contribution in [2.45, 2.75) is 38.6 Å².